The van der Waals surface area contributed by atoms with Crippen LogP contribution < -0.4 is 11.1 Å². The molecule has 0 radical (unpaired) electrons. The van der Waals surface area contributed by atoms with Crippen molar-refractivity contribution in [3.63, 3.8) is 0 Å². The van der Waals surface area contributed by atoms with Gasteiger partial charge in [-0.3, -0.25) is 4.68 Å². The predicted molar refractivity (Wildman–Crippen MR) is 123 cm³/mol. The van der Waals surface area contributed by atoms with Crippen molar-refractivity contribution >= 4 is 5.82 Å². The number of nitrogens with zero attached hydrogens (tertiary/aromatic N) is 7. The van der Waals surface area contributed by atoms with Crippen LogP contribution >= 0.6 is 0 Å². The molecule has 1 atom stereocenters. The lowest BCUT2D eigenvalue weighted by Crippen LogP contribution is -2.15. The van der Waals surface area contributed by atoms with Gasteiger partial charge in [0.1, 0.15) is 11.5 Å². The maximum Gasteiger partial charge on any atom is 0.190 e. The number of rotatable bonds is 4. The Bertz CT molecular complexity index is 1340. The number of pyridine rings is 1. The lowest BCUT2D eigenvalue weighted by Gasteiger charge is -2.14. The number of nitrogens with two attached hydrogens (primary N) is 1. The molecule has 11 heteroatoms. The number of hydrogen-bond donors (Lipinski definition) is 2. The van der Waals surface area contributed by atoms with Crippen LogP contribution in [0.15, 0.2) is 30.6 Å². The van der Waals surface area contributed by atoms with E-state index in [1.807, 2.05) is 17.8 Å². The van der Waals surface area contributed by atoms with Crippen LogP contribution in [0.3, 0.4) is 0 Å². The highest BCUT2D eigenvalue weighted by atomic mass is 19.2. The van der Waals surface area contributed by atoms with Gasteiger partial charge in [0.2, 0.25) is 0 Å². The summed E-state index contributed by atoms with van der Waals surface area (Å²) < 4.78 is 32.0. The normalized spacial score (nSPS) is 16.5. The van der Waals surface area contributed by atoms with Crippen LogP contribution in [0.5, 0.6) is 0 Å². The topological polar surface area (TPSA) is 112 Å². The number of aromatic nitrogens is 7. The Morgan fingerprint density at radius 2 is 1.94 bits per heavy atom. The van der Waals surface area contributed by atoms with Crippen LogP contribution in [0.1, 0.15) is 36.6 Å². The van der Waals surface area contributed by atoms with Crippen molar-refractivity contribution in [3.05, 3.63) is 53.5 Å². The van der Waals surface area contributed by atoms with Gasteiger partial charge in [-0.25, -0.2) is 13.8 Å². The fraction of sp³-hybridized carbons (Fsp3) is 0.348. The molecule has 0 spiro atoms. The smallest absolute Gasteiger partial charge is 0.190 e. The third-order valence-corrected chi connectivity index (χ3v) is 6.26. The maximum absolute atomic E-state index is 14.7. The molecule has 1 unspecified atom stereocenters. The highest BCUT2D eigenvalue weighted by Crippen LogP contribution is 2.32. The van der Waals surface area contributed by atoms with E-state index in [0.717, 1.165) is 53.9 Å². The summed E-state index contributed by atoms with van der Waals surface area (Å²) in [6.07, 6.45) is 6.87. The number of halogens is 2. The van der Waals surface area contributed by atoms with Gasteiger partial charge in [0.05, 0.1) is 17.3 Å². The minimum Gasteiger partial charge on any atom is -0.383 e. The van der Waals surface area contributed by atoms with Crippen LogP contribution in [0.25, 0.3) is 28.2 Å². The first-order valence-corrected chi connectivity index (χ1v) is 11.2. The number of hydrogen-bond acceptors (Lipinski definition) is 7. The van der Waals surface area contributed by atoms with E-state index < -0.39 is 11.6 Å². The highest BCUT2D eigenvalue weighted by molar-refractivity contribution is 5.77. The van der Waals surface area contributed by atoms with E-state index >= 15 is 0 Å². The molecule has 0 aliphatic carbocycles. The van der Waals surface area contributed by atoms with Crippen molar-refractivity contribution in [2.24, 2.45) is 0 Å². The molecule has 3 N–H and O–H groups in total. The first-order chi connectivity index (χ1) is 16.4. The highest BCUT2D eigenvalue weighted by Gasteiger charge is 2.22. The summed E-state index contributed by atoms with van der Waals surface area (Å²) in [5, 5.41) is 19.7. The van der Waals surface area contributed by atoms with Crippen molar-refractivity contribution < 1.29 is 8.78 Å². The minimum absolute atomic E-state index is 0.112. The molecule has 3 aromatic heterocycles. The van der Waals surface area contributed by atoms with Crippen molar-refractivity contribution in [2.75, 3.05) is 18.8 Å². The molecular weight excluding hydrogens is 440 g/mol. The summed E-state index contributed by atoms with van der Waals surface area (Å²) in [5.41, 5.74) is 9.21. The van der Waals surface area contributed by atoms with E-state index in [4.69, 9.17) is 10.8 Å². The summed E-state index contributed by atoms with van der Waals surface area (Å²) in [5.74, 6) is -1.65. The minimum atomic E-state index is -1.04. The fourth-order valence-corrected chi connectivity index (χ4v) is 4.34. The molecule has 1 aliphatic heterocycles. The van der Waals surface area contributed by atoms with Gasteiger partial charge < -0.3 is 11.1 Å². The Kier molecular flexibility index (Phi) is 5.78. The molecule has 4 aromatic rings. The van der Waals surface area contributed by atoms with Gasteiger partial charge in [-0.15, -0.1) is 5.10 Å². The number of aryl methyl sites for hydroxylation is 2. The second kappa shape index (κ2) is 8.90. The number of nitrogen functional groups attached to an aromatic ring is 1. The van der Waals surface area contributed by atoms with Crippen LogP contribution in [0, 0.1) is 25.5 Å². The molecule has 1 saturated heterocycles. The molecule has 1 aliphatic rings. The molecule has 5 rings (SSSR count). The third-order valence-electron chi connectivity index (χ3n) is 6.26. The zero-order chi connectivity index (χ0) is 23.8. The molecule has 1 aromatic carbocycles. The Morgan fingerprint density at radius 3 is 2.79 bits per heavy atom. The monoisotopic (exact) mass is 465 g/mol. The van der Waals surface area contributed by atoms with Gasteiger partial charge in [0.15, 0.2) is 17.5 Å². The maximum atomic E-state index is 14.7. The second-order valence-corrected chi connectivity index (χ2v) is 8.54. The van der Waals surface area contributed by atoms with E-state index in [2.05, 4.69) is 25.8 Å². The molecule has 0 saturated carbocycles. The lowest BCUT2D eigenvalue weighted by molar-refractivity contribution is 0.413. The van der Waals surface area contributed by atoms with Gasteiger partial charge in [-0.05, 0) is 74.3 Å². The molecule has 34 heavy (non-hydrogen) atoms. The second-order valence-electron chi connectivity index (χ2n) is 8.54. The van der Waals surface area contributed by atoms with Crippen LogP contribution in [-0.2, 0) is 0 Å². The standard InChI is InChI=1S/C23H25F2N9/c1-13-5-6-19(21(25)20(13)24)34-23(29-31-32-34)17-10-15(11-28-22(17)26)18-12-33(30-14(18)2)16-4-3-8-27-9-7-16/h5-6,10-12,16,27H,3-4,7-9H2,1-2H3,(H2,26,28). The van der Waals surface area contributed by atoms with E-state index in [0.29, 0.717) is 11.6 Å². The molecule has 9 nitrogen and oxygen atoms in total. The Morgan fingerprint density at radius 1 is 1.09 bits per heavy atom. The third kappa shape index (κ3) is 3.92. The van der Waals surface area contributed by atoms with Crippen molar-refractivity contribution in [1.29, 1.82) is 0 Å². The first kappa shape index (κ1) is 22.1. The van der Waals surface area contributed by atoms with Gasteiger partial charge >= 0.3 is 0 Å². The fourth-order valence-electron chi connectivity index (χ4n) is 4.34. The summed E-state index contributed by atoms with van der Waals surface area (Å²) in [6.45, 7) is 5.42. The average molecular weight is 466 g/mol. The summed E-state index contributed by atoms with van der Waals surface area (Å²) in [4.78, 5) is 4.33. The molecule has 0 amide bonds. The average Bonchev–Trinajstić information content (AvgIpc) is 3.36. The summed E-state index contributed by atoms with van der Waals surface area (Å²) in [7, 11) is 0. The van der Waals surface area contributed by atoms with Gasteiger partial charge in [0, 0.05) is 23.5 Å². The SMILES string of the molecule is Cc1ccc(-n2nnnc2-c2cc(-c3cn(C4CCCNCC4)nc3C)cnc2N)c(F)c1F. The number of benzene rings is 1. The van der Waals surface area contributed by atoms with Crippen LogP contribution in [0.2, 0.25) is 0 Å². The van der Waals surface area contributed by atoms with E-state index in [-0.39, 0.29) is 22.9 Å². The largest absolute Gasteiger partial charge is 0.383 e. The molecule has 176 valence electrons. The number of anilines is 1. The van der Waals surface area contributed by atoms with Crippen molar-refractivity contribution in [3.8, 4) is 28.2 Å². The van der Waals surface area contributed by atoms with E-state index in [9.17, 15) is 8.78 Å². The summed E-state index contributed by atoms with van der Waals surface area (Å²) in [6, 6.07) is 5.03. The Balaban J connectivity index is 1.55. The Hall–Kier alpha value is -3.73. The zero-order valence-corrected chi connectivity index (χ0v) is 19.0. The van der Waals surface area contributed by atoms with Crippen molar-refractivity contribution in [1.82, 2.24) is 40.3 Å². The molecule has 4 heterocycles. The van der Waals surface area contributed by atoms with Gasteiger partial charge in [-0.2, -0.15) is 9.78 Å². The summed E-state index contributed by atoms with van der Waals surface area (Å²) >= 11 is 0. The first-order valence-electron chi connectivity index (χ1n) is 11.2. The molecular formula is C23H25F2N9. The predicted octanol–water partition coefficient (Wildman–Crippen LogP) is 3.38. The van der Waals surface area contributed by atoms with Crippen LogP contribution in [-0.4, -0.2) is 48.1 Å². The number of tetrazole rings is 1. The van der Waals surface area contributed by atoms with Crippen molar-refractivity contribution in [2.45, 2.75) is 39.2 Å². The van der Waals surface area contributed by atoms with E-state index in [1.54, 1.807) is 12.3 Å². The zero-order valence-electron chi connectivity index (χ0n) is 19.0. The van der Waals surface area contributed by atoms with E-state index in [1.165, 1.54) is 19.1 Å². The van der Waals surface area contributed by atoms with Gasteiger partial charge in [0.25, 0.3) is 0 Å². The lowest BCUT2D eigenvalue weighted by atomic mass is 10.1. The quantitative estimate of drug-likeness (QED) is 0.475. The number of nitrogens with one attached hydrogen (secondary N) is 1. The Labute approximate surface area is 195 Å². The molecule has 0 bridgehead atoms. The molecule has 1 fully saturated rings. The van der Waals surface area contributed by atoms with Gasteiger partial charge in [-0.1, -0.05) is 6.07 Å². The van der Waals surface area contributed by atoms with Crippen LogP contribution in [0.4, 0.5) is 14.6 Å².